The fourth-order valence-electron chi connectivity index (χ4n) is 4.08. The highest BCUT2D eigenvalue weighted by Gasteiger charge is 2.46. The molecule has 14 heteroatoms. The minimum absolute atomic E-state index is 0.0837. The number of carbonyl (C=O) groups excluding carboxylic acids is 2. The summed E-state index contributed by atoms with van der Waals surface area (Å²) in [7, 11) is 1.12. The molecule has 1 saturated heterocycles. The zero-order chi connectivity index (χ0) is 30.1. The lowest BCUT2D eigenvalue weighted by atomic mass is 10.1. The summed E-state index contributed by atoms with van der Waals surface area (Å²) in [6, 6.07) is 19.0. The van der Waals surface area contributed by atoms with E-state index < -0.39 is 39.5 Å². The van der Waals surface area contributed by atoms with Gasteiger partial charge in [0.1, 0.15) is 12.1 Å². The zero-order valence-electron chi connectivity index (χ0n) is 20.8. The van der Waals surface area contributed by atoms with Crippen LogP contribution in [0, 0.1) is 22.7 Å². The number of rotatable bonds is 5. The zero-order valence-corrected chi connectivity index (χ0v) is 23.0. The SMILES string of the molecule is CN1C(=O)C(=NC(N(c2ccccc2C#N)c2ccccc2C#N)C(Cl)(Cl)Cl)N(c2cccc(C(F)(F)F)c2)C1=O. The molecule has 0 saturated carbocycles. The van der Waals surface area contributed by atoms with Gasteiger partial charge >= 0.3 is 12.2 Å². The molecule has 3 aromatic rings. The Labute approximate surface area is 247 Å². The Morgan fingerprint density at radius 3 is 1.90 bits per heavy atom. The van der Waals surface area contributed by atoms with Gasteiger partial charge in [-0.05, 0) is 42.5 Å². The number of anilines is 3. The van der Waals surface area contributed by atoms with Gasteiger partial charge in [-0.2, -0.15) is 23.7 Å². The van der Waals surface area contributed by atoms with E-state index in [1.165, 1.54) is 35.2 Å². The van der Waals surface area contributed by atoms with Crippen LogP contribution >= 0.6 is 34.8 Å². The van der Waals surface area contributed by atoms with Crippen molar-refractivity contribution in [2.45, 2.75) is 16.1 Å². The maximum atomic E-state index is 13.5. The third-order valence-electron chi connectivity index (χ3n) is 5.97. The monoisotopic (exact) mass is 618 g/mol. The van der Waals surface area contributed by atoms with E-state index in [0.29, 0.717) is 15.9 Å². The van der Waals surface area contributed by atoms with Crippen LogP contribution in [0.5, 0.6) is 0 Å². The van der Waals surface area contributed by atoms with E-state index >= 15 is 0 Å². The number of amides is 3. The van der Waals surface area contributed by atoms with Gasteiger partial charge in [-0.3, -0.25) is 9.69 Å². The number of nitrogens with zero attached hydrogens (tertiary/aromatic N) is 6. The molecule has 8 nitrogen and oxygen atoms in total. The Bertz CT molecular complexity index is 1580. The van der Waals surface area contributed by atoms with Gasteiger partial charge in [0.2, 0.25) is 9.63 Å². The number of hydrogen-bond acceptors (Lipinski definition) is 6. The molecule has 1 heterocycles. The average Bonchev–Trinajstić information content (AvgIpc) is 3.15. The number of para-hydroxylation sites is 2. The van der Waals surface area contributed by atoms with Gasteiger partial charge in [-0.1, -0.05) is 65.1 Å². The van der Waals surface area contributed by atoms with Crippen molar-refractivity contribution in [3.8, 4) is 12.1 Å². The Morgan fingerprint density at radius 2 is 1.41 bits per heavy atom. The van der Waals surface area contributed by atoms with Crippen LogP contribution in [0.25, 0.3) is 0 Å². The van der Waals surface area contributed by atoms with Crippen molar-refractivity contribution in [1.82, 2.24) is 4.90 Å². The average molecular weight is 620 g/mol. The topological polar surface area (TPSA) is 104 Å². The summed E-state index contributed by atoms with van der Waals surface area (Å²) >= 11 is 19.2. The van der Waals surface area contributed by atoms with E-state index in [9.17, 15) is 33.3 Å². The number of imide groups is 1. The number of halogens is 6. The maximum absolute atomic E-state index is 13.5. The second-order valence-corrected chi connectivity index (χ2v) is 10.9. The van der Waals surface area contributed by atoms with Gasteiger partial charge in [0, 0.05) is 7.05 Å². The summed E-state index contributed by atoms with van der Waals surface area (Å²) in [5, 5.41) is 19.6. The Morgan fingerprint density at radius 1 is 0.878 bits per heavy atom. The number of hydrogen-bond donors (Lipinski definition) is 0. The number of urea groups is 1. The van der Waals surface area contributed by atoms with Crippen molar-refractivity contribution >= 4 is 69.6 Å². The van der Waals surface area contributed by atoms with Crippen LogP contribution in [-0.4, -0.2) is 39.7 Å². The second kappa shape index (κ2) is 11.3. The molecule has 3 amide bonds. The first-order valence-corrected chi connectivity index (χ1v) is 12.6. The fourth-order valence-corrected chi connectivity index (χ4v) is 4.52. The molecule has 3 aromatic carbocycles. The predicted octanol–water partition coefficient (Wildman–Crippen LogP) is 6.78. The van der Waals surface area contributed by atoms with E-state index in [4.69, 9.17) is 34.8 Å². The number of alkyl halides is 6. The molecule has 1 aliphatic heterocycles. The summed E-state index contributed by atoms with van der Waals surface area (Å²) in [5.41, 5.74) is -0.954. The van der Waals surface area contributed by atoms with Crippen LogP contribution in [0.3, 0.4) is 0 Å². The first-order chi connectivity index (χ1) is 19.3. The van der Waals surface area contributed by atoms with Gasteiger partial charge in [-0.15, -0.1) is 0 Å². The molecule has 1 aliphatic rings. The lowest BCUT2D eigenvalue weighted by Crippen LogP contribution is -2.43. The lowest BCUT2D eigenvalue weighted by Gasteiger charge is -2.36. The van der Waals surface area contributed by atoms with Gasteiger partial charge in [0.05, 0.1) is 33.8 Å². The molecule has 0 spiro atoms. The molecule has 0 bridgehead atoms. The molecule has 208 valence electrons. The van der Waals surface area contributed by atoms with Gasteiger partial charge in [0.15, 0.2) is 6.17 Å². The number of carbonyl (C=O) groups is 2. The molecule has 0 aromatic heterocycles. The van der Waals surface area contributed by atoms with E-state index in [1.807, 2.05) is 12.1 Å². The van der Waals surface area contributed by atoms with Crippen LogP contribution in [0.2, 0.25) is 0 Å². The third-order valence-corrected chi connectivity index (χ3v) is 6.55. The van der Waals surface area contributed by atoms with E-state index in [1.54, 1.807) is 24.3 Å². The highest BCUT2D eigenvalue weighted by molar-refractivity contribution is 6.68. The van der Waals surface area contributed by atoms with Crippen LogP contribution in [-0.2, 0) is 11.0 Å². The normalized spacial score (nSPS) is 15.6. The maximum Gasteiger partial charge on any atom is 0.416 e. The molecule has 0 N–H and O–H groups in total. The van der Waals surface area contributed by atoms with E-state index in [2.05, 4.69) is 4.99 Å². The van der Waals surface area contributed by atoms with Gasteiger partial charge in [0.25, 0.3) is 5.91 Å². The first-order valence-electron chi connectivity index (χ1n) is 11.5. The molecule has 1 unspecified atom stereocenters. The quantitative estimate of drug-likeness (QED) is 0.231. The van der Waals surface area contributed by atoms with Crippen molar-refractivity contribution < 1.29 is 22.8 Å². The fraction of sp³-hybridized carbons (Fsp3) is 0.148. The smallest absolute Gasteiger partial charge is 0.312 e. The van der Waals surface area contributed by atoms with Crippen molar-refractivity contribution in [2.24, 2.45) is 4.99 Å². The summed E-state index contributed by atoms with van der Waals surface area (Å²) in [4.78, 5) is 33.2. The minimum Gasteiger partial charge on any atom is -0.312 e. The molecule has 41 heavy (non-hydrogen) atoms. The standard InChI is InChI=1S/C27H16Cl3F3N6O2/c1-37-23(40)22(38(25(37)41)19-10-6-9-18(13-19)27(31,32)33)36-24(26(28,29)30)39(20-11-4-2-7-16(20)14-34)21-12-5-3-8-17(21)15-35/h2-13,24H,1H3. The van der Waals surface area contributed by atoms with Gasteiger partial charge < -0.3 is 4.90 Å². The molecule has 4 rings (SSSR count). The first kappa shape index (κ1) is 29.7. The molecule has 1 fully saturated rings. The summed E-state index contributed by atoms with van der Waals surface area (Å²) in [6.07, 6.45) is -6.46. The van der Waals surface area contributed by atoms with E-state index in [-0.39, 0.29) is 28.2 Å². The number of nitriles is 2. The summed E-state index contributed by atoms with van der Waals surface area (Å²) in [6.45, 7) is 0. The van der Waals surface area contributed by atoms with Crippen LogP contribution in [0.4, 0.5) is 35.0 Å². The number of aliphatic imine (C=N–C) groups is 1. The largest absolute Gasteiger partial charge is 0.416 e. The molecule has 1 atom stereocenters. The minimum atomic E-state index is -4.75. The Balaban J connectivity index is 2.01. The number of likely N-dealkylation sites (N-methyl/N-ethyl adjacent to an activating group) is 1. The van der Waals surface area contributed by atoms with Crippen LogP contribution < -0.4 is 9.80 Å². The van der Waals surface area contributed by atoms with E-state index in [0.717, 1.165) is 19.2 Å². The van der Waals surface area contributed by atoms with Crippen molar-refractivity contribution in [2.75, 3.05) is 16.8 Å². The van der Waals surface area contributed by atoms with Crippen LogP contribution in [0.1, 0.15) is 16.7 Å². The van der Waals surface area contributed by atoms with Crippen LogP contribution in [0.15, 0.2) is 77.8 Å². The van der Waals surface area contributed by atoms with Crippen molar-refractivity contribution in [1.29, 1.82) is 10.5 Å². The molecular formula is C27H16Cl3F3N6O2. The molecule has 0 radical (unpaired) electrons. The molecular weight excluding hydrogens is 604 g/mol. The summed E-state index contributed by atoms with van der Waals surface area (Å²) < 4.78 is 38.0. The third kappa shape index (κ3) is 5.79. The number of amidine groups is 1. The summed E-state index contributed by atoms with van der Waals surface area (Å²) in [5.74, 6) is -1.64. The Hall–Kier alpha value is -4.29. The Kier molecular flexibility index (Phi) is 8.18. The molecule has 0 aliphatic carbocycles. The van der Waals surface area contributed by atoms with Crippen molar-refractivity contribution in [3.63, 3.8) is 0 Å². The highest BCUT2D eigenvalue weighted by atomic mass is 35.6. The highest BCUT2D eigenvalue weighted by Crippen LogP contribution is 2.43. The van der Waals surface area contributed by atoms with Gasteiger partial charge in [-0.25, -0.2) is 14.7 Å². The lowest BCUT2D eigenvalue weighted by molar-refractivity contribution is -0.137. The second-order valence-electron chi connectivity index (χ2n) is 8.53. The number of benzene rings is 3. The van der Waals surface area contributed by atoms with Crippen molar-refractivity contribution in [3.05, 3.63) is 89.5 Å². The predicted molar refractivity (Wildman–Crippen MR) is 148 cm³/mol.